The van der Waals surface area contributed by atoms with E-state index in [4.69, 9.17) is 4.74 Å². The monoisotopic (exact) mass is 281 g/mol. The number of hydrogen-bond donors (Lipinski definition) is 1. The van der Waals surface area contributed by atoms with Crippen LogP contribution >= 0.6 is 11.8 Å². The van der Waals surface area contributed by atoms with Gasteiger partial charge in [-0.3, -0.25) is 4.90 Å². The number of benzene rings is 1. The summed E-state index contributed by atoms with van der Waals surface area (Å²) in [4.78, 5) is 2.35. The van der Waals surface area contributed by atoms with Crippen molar-refractivity contribution in [3.8, 4) is 0 Å². The average molecular weight is 281 g/mol. The Labute approximate surface area is 120 Å². The van der Waals surface area contributed by atoms with Gasteiger partial charge in [0.2, 0.25) is 0 Å². The predicted octanol–water partition coefficient (Wildman–Crippen LogP) is 2.17. The molecule has 2 rings (SSSR count). The minimum atomic E-state index is -0.375. The van der Waals surface area contributed by atoms with Crippen LogP contribution in [0.15, 0.2) is 30.3 Å². The lowest BCUT2D eigenvalue weighted by atomic mass is 10.1. The molecule has 1 aliphatic heterocycles. The number of aliphatic hydroxyl groups is 1. The molecule has 0 aliphatic carbocycles. The van der Waals surface area contributed by atoms with Crippen molar-refractivity contribution in [2.75, 3.05) is 38.6 Å². The summed E-state index contributed by atoms with van der Waals surface area (Å²) in [6, 6.07) is 10.6. The van der Waals surface area contributed by atoms with Crippen LogP contribution in [-0.4, -0.2) is 54.7 Å². The highest BCUT2D eigenvalue weighted by Crippen LogP contribution is 2.32. The van der Waals surface area contributed by atoms with E-state index < -0.39 is 0 Å². The Morgan fingerprint density at radius 1 is 1.42 bits per heavy atom. The van der Waals surface area contributed by atoms with E-state index in [0.717, 1.165) is 18.8 Å². The molecule has 1 aromatic rings. The van der Waals surface area contributed by atoms with Crippen LogP contribution in [0.25, 0.3) is 0 Å². The van der Waals surface area contributed by atoms with E-state index in [0.29, 0.717) is 25.0 Å². The lowest BCUT2D eigenvalue weighted by Crippen LogP contribution is -2.40. The maximum Gasteiger partial charge on any atom is 0.0900 e. The fraction of sp³-hybridized carbons (Fsp3) is 0.600. The maximum absolute atomic E-state index is 9.92. The van der Waals surface area contributed by atoms with Crippen molar-refractivity contribution in [3.63, 3.8) is 0 Å². The zero-order valence-electron chi connectivity index (χ0n) is 11.5. The Hall–Kier alpha value is -0.550. The number of hydrogen-bond acceptors (Lipinski definition) is 4. The highest BCUT2D eigenvalue weighted by Gasteiger charge is 2.23. The molecular weight excluding hydrogens is 258 g/mol. The number of aliphatic hydroxyl groups excluding tert-OH is 1. The number of rotatable bonds is 6. The van der Waals surface area contributed by atoms with Crippen molar-refractivity contribution in [2.24, 2.45) is 0 Å². The lowest BCUT2D eigenvalue weighted by Gasteiger charge is -2.33. The molecule has 3 nitrogen and oxygen atoms in total. The Morgan fingerprint density at radius 2 is 2.21 bits per heavy atom. The third-order valence-corrected chi connectivity index (χ3v) is 4.55. The molecule has 0 radical (unpaired) electrons. The smallest absolute Gasteiger partial charge is 0.0900 e. The molecule has 1 heterocycles. The molecule has 1 aliphatic rings. The summed E-state index contributed by atoms with van der Waals surface area (Å²) in [6.07, 6.45) is -0.375. The van der Waals surface area contributed by atoms with Crippen LogP contribution in [0.1, 0.15) is 17.7 Å². The molecule has 0 spiro atoms. The summed E-state index contributed by atoms with van der Waals surface area (Å²) in [5, 5.41) is 10.4. The van der Waals surface area contributed by atoms with Crippen molar-refractivity contribution < 1.29 is 9.84 Å². The summed E-state index contributed by atoms with van der Waals surface area (Å²) in [7, 11) is 0. The van der Waals surface area contributed by atoms with Crippen molar-refractivity contribution in [3.05, 3.63) is 35.9 Å². The van der Waals surface area contributed by atoms with Crippen molar-refractivity contribution in [1.29, 1.82) is 0 Å². The zero-order chi connectivity index (χ0) is 13.5. The second-order valence-electron chi connectivity index (χ2n) is 4.84. The van der Waals surface area contributed by atoms with Crippen molar-refractivity contribution in [2.45, 2.75) is 18.3 Å². The molecular formula is C15H23NO2S. The van der Waals surface area contributed by atoms with Crippen LogP contribution < -0.4 is 0 Å². The minimum absolute atomic E-state index is 0.375. The van der Waals surface area contributed by atoms with Crippen LogP contribution in [0, 0.1) is 0 Å². The molecule has 1 aromatic carbocycles. The normalized spacial score (nSPS) is 22.3. The third-order valence-electron chi connectivity index (χ3n) is 3.31. The highest BCUT2D eigenvalue weighted by atomic mass is 32.2. The molecule has 0 aromatic heterocycles. The van der Waals surface area contributed by atoms with Gasteiger partial charge in [0, 0.05) is 37.2 Å². The quantitative estimate of drug-likeness (QED) is 0.866. The first kappa shape index (κ1) is 14.9. The van der Waals surface area contributed by atoms with E-state index in [2.05, 4.69) is 35.2 Å². The fourth-order valence-electron chi connectivity index (χ4n) is 2.34. The minimum Gasteiger partial charge on any atom is -0.389 e. The first-order valence-corrected chi connectivity index (χ1v) is 7.99. The van der Waals surface area contributed by atoms with E-state index in [1.54, 1.807) is 0 Å². The van der Waals surface area contributed by atoms with E-state index in [1.165, 1.54) is 5.56 Å². The number of thioether (sulfide) groups is 1. The Morgan fingerprint density at radius 3 is 2.95 bits per heavy atom. The van der Waals surface area contributed by atoms with E-state index in [1.807, 2.05) is 18.7 Å². The number of ether oxygens (including phenoxy) is 1. The SMILES string of the molecule is CCOC[C@H](O)CN1CCS[C@@H](c2ccccc2)C1. The summed E-state index contributed by atoms with van der Waals surface area (Å²) >= 11 is 2.01. The van der Waals surface area contributed by atoms with Crippen molar-refractivity contribution in [1.82, 2.24) is 4.90 Å². The lowest BCUT2D eigenvalue weighted by molar-refractivity contribution is 0.0217. The van der Waals surface area contributed by atoms with Gasteiger partial charge in [-0.25, -0.2) is 0 Å². The number of nitrogens with zero attached hydrogens (tertiary/aromatic N) is 1. The zero-order valence-corrected chi connectivity index (χ0v) is 12.3. The fourth-order valence-corrected chi connectivity index (χ4v) is 3.66. The van der Waals surface area contributed by atoms with Gasteiger partial charge in [0.1, 0.15) is 0 Å². The Kier molecular flexibility index (Phi) is 6.17. The van der Waals surface area contributed by atoms with E-state index >= 15 is 0 Å². The van der Waals surface area contributed by atoms with Crippen LogP contribution in [0.5, 0.6) is 0 Å². The summed E-state index contributed by atoms with van der Waals surface area (Å²) in [5.74, 6) is 1.13. The molecule has 0 bridgehead atoms. The van der Waals surface area contributed by atoms with Gasteiger partial charge in [0.15, 0.2) is 0 Å². The molecule has 19 heavy (non-hydrogen) atoms. The number of β-amino-alcohol motifs (C(OH)–C–C–N with tert-alkyl or cyclic N) is 1. The van der Waals surface area contributed by atoms with Gasteiger partial charge in [-0.1, -0.05) is 30.3 Å². The van der Waals surface area contributed by atoms with Gasteiger partial charge in [-0.2, -0.15) is 11.8 Å². The molecule has 1 N–H and O–H groups in total. The topological polar surface area (TPSA) is 32.7 Å². The first-order chi connectivity index (χ1) is 9.29. The van der Waals surface area contributed by atoms with Gasteiger partial charge in [0.25, 0.3) is 0 Å². The molecule has 0 unspecified atom stereocenters. The van der Waals surface area contributed by atoms with Crippen LogP contribution in [-0.2, 0) is 4.74 Å². The van der Waals surface area contributed by atoms with Crippen molar-refractivity contribution >= 4 is 11.8 Å². The van der Waals surface area contributed by atoms with Crippen LogP contribution in [0.3, 0.4) is 0 Å². The molecule has 1 fully saturated rings. The van der Waals surface area contributed by atoms with Gasteiger partial charge in [-0.05, 0) is 12.5 Å². The molecule has 2 atom stereocenters. The highest BCUT2D eigenvalue weighted by molar-refractivity contribution is 7.99. The summed E-state index contributed by atoms with van der Waals surface area (Å²) in [5.41, 5.74) is 1.39. The first-order valence-electron chi connectivity index (χ1n) is 6.94. The maximum atomic E-state index is 9.92. The molecule has 0 saturated carbocycles. The Balaban J connectivity index is 1.84. The van der Waals surface area contributed by atoms with Gasteiger partial charge in [-0.15, -0.1) is 0 Å². The largest absolute Gasteiger partial charge is 0.389 e. The van der Waals surface area contributed by atoms with Crippen LogP contribution in [0.4, 0.5) is 0 Å². The predicted molar refractivity (Wildman–Crippen MR) is 80.6 cm³/mol. The van der Waals surface area contributed by atoms with Gasteiger partial charge < -0.3 is 9.84 Å². The summed E-state index contributed by atoms with van der Waals surface area (Å²) in [6.45, 7) is 5.84. The Bertz CT molecular complexity index is 360. The second-order valence-corrected chi connectivity index (χ2v) is 6.15. The molecule has 0 amide bonds. The summed E-state index contributed by atoms with van der Waals surface area (Å²) < 4.78 is 5.27. The molecule has 4 heteroatoms. The molecule has 1 saturated heterocycles. The van der Waals surface area contributed by atoms with Crippen LogP contribution in [0.2, 0.25) is 0 Å². The standard InChI is InChI=1S/C15H23NO2S/c1-2-18-12-14(17)10-16-8-9-19-15(11-16)13-6-4-3-5-7-13/h3-7,14-15,17H,2,8-12H2,1H3/t14-,15-/m1/s1. The average Bonchev–Trinajstić information content (AvgIpc) is 2.46. The van der Waals surface area contributed by atoms with Gasteiger partial charge in [0.05, 0.1) is 12.7 Å². The molecule has 106 valence electrons. The third kappa shape index (κ3) is 4.80. The van der Waals surface area contributed by atoms with Gasteiger partial charge >= 0.3 is 0 Å². The van der Waals surface area contributed by atoms with E-state index in [-0.39, 0.29) is 6.10 Å². The van der Waals surface area contributed by atoms with E-state index in [9.17, 15) is 5.11 Å². The second kappa shape index (κ2) is 7.90.